The molecule has 0 radical (unpaired) electrons. The summed E-state index contributed by atoms with van der Waals surface area (Å²) in [5.74, 6) is 5.67. The van der Waals surface area contributed by atoms with Gasteiger partial charge in [-0.2, -0.15) is 0 Å². The molecule has 10 heavy (non-hydrogen) atoms. The highest BCUT2D eigenvalue weighted by Gasteiger charge is 2.24. The second-order valence-electron chi connectivity index (χ2n) is 3.41. The van der Waals surface area contributed by atoms with Gasteiger partial charge < -0.3 is 0 Å². The molecule has 0 saturated heterocycles. The van der Waals surface area contributed by atoms with Crippen LogP contribution in [-0.4, -0.2) is 5.60 Å². The molecule has 0 rings (SSSR count). The highest BCUT2D eigenvalue weighted by atomic mass is 16.6. The van der Waals surface area contributed by atoms with Crippen LogP contribution in [0.5, 0.6) is 0 Å². The quantitative estimate of drug-likeness (QED) is 0.615. The largest absolute Gasteiger partial charge is 0.298 e. The third-order valence-electron chi connectivity index (χ3n) is 2.21. The summed E-state index contributed by atoms with van der Waals surface area (Å²) in [6, 6.07) is 0. The summed E-state index contributed by atoms with van der Waals surface area (Å²) in [4.78, 5) is 4.85. The van der Waals surface area contributed by atoms with Gasteiger partial charge in [0.1, 0.15) is 0 Å². The van der Waals surface area contributed by atoms with Crippen molar-refractivity contribution < 1.29 is 4.84 Å². The van der Waals surface area contributed by atoms with Gasteiger partial charge in [-0.25, -0.2) is 5.90 Å². The Labute approximate surface area is 63.7 Å². The van der Waals surface area contributed by atoms with E-state index in [1.54, 1.807) is 0 Å². The molecule has 0 aromatic rings. The summed E-state index contributed by atoms with van der Waals surface area (Å²) in [5.41, 5.74) is -0.171. The maximum Gasteiger partial charge on any atom is 0.0863 e. The smallest absolute Gasteiger partial charge is 0.0863 e. The Balaban J connectivity index is 3.78. The molecule has 2 nitrogen and oxygen atoms in total. The molecule has 1 atom stereocenters. The molecule has 0 aromatic heterocycles. The van der Waals surface area contributed by atoms with E-state index in [1.165, 1.54) is 12.8 Å². The first-order chi connectivity index (χ1) is 4.54. The molecule has 1 unspecified atom stereocenters. The van der Waals surface area contributed by atoms with Crippen LogP contribution in [0.4, 0.5) is 0 Å². The van der Waals surface area contributed by atoms with Crippen LogP contribution in [0.3, 0.4) is 0 Å². The minimum Gasteiger partial charge on any atom is -0.298 e. The van der Waals surface area contributed by atoms with Gasteiger partial charge in [-0.15, -0.1) is 0 Å². The maximum absolute atomic E-state index is 5.14. The molecular formula is C8H19NO. The molecule has 0 amide bonds. The number of hydrogen-bond acceptors (Lipinski definition) is 2. The lowest BCUT2D eigenvalue weighted by Crippen LogP contribution is -2.35. The molecule has 0 spiro atoms. The van der Waals surface area contributed by atoms with E-state index in [1.807, 2.05) is 13.8 Å². The maximum atomic E-state index is 5.14. The van der Waals surface area contributed by atoms with Gasteiger partial charge in [0, 0.05) is 0 Å². The molecule has 0 aliphatic rings. The third-order valence-corrected chi connectivity index (χ3v) is 2.21. The Bertz CT molecular complexity index is 91.3. The molecule has 62 valence electrons. The fraction of sp³-hybridized carbons (Fsp3) is 1.00. The Hall–Kier alpha value is -0.0800. The molecule has 0 saturated carbocycles. The van der Waals surface area contributed by atoms with Crippen molar-refractivity contribution in [2.45, 2.75) is 46.1 Å². The first-order valence-electron chi connectivity index (χ1n) is 3.92. The van der Waals surface area contributed by atoms with Crippen molar-refractivity contribution in [3.05, 3.63) is 0 Å². The fourth-order valence-corrected chi connectivity index (χ4v) is 0.897. The average Bonchev–Trinajstić information content (AvgIpc) is 1.89. The number of rotatable bonds is 4. The van der Waals surface area contributed by atoms with Crippen LogP contribution in [0, 0.1) is 5.92 Å². The highest BCUT2D eigenvalue weighted by Crippen LogP contribution is 2.22. The van der Waals surface area contributed by atoms with Gasteiger partial charge >= 0.3 is 0 Å². The zero-order chi connectivity index (χ0) is 8.20. The van der Waals surface area contributed by atoms with Crippen LogP contribution in [-0.2, 0) is 4.84 Å². The molecule has 0 heterocycles. The van der Waals surface area contributed by atoms with Crippen LogP contribution in [0.2, 0.25) is 0 Å². The molecular weight excluding hydrogens is 126 g/mol. The van der Waals surface area contributed by atoms with E-state index in [9.17, 15) is 0 Å². The summed E-state index contributed by atoms with van der Waals surface area (Å²) in [7, 11) is 0. The second-order valence-corrected chi connectivity index (χ2v) is 3.41. The van der Waals surface area contributed by atoms with Crippen LogP contribution in [0.25, 0.3) is 0 Å². The fourth-order valence-electron chi connectivity index (χ4n) is 0.897. The SMILES string of the molecule is CCCC(C)C(C)(C)ON. The summed E-state index contributed by atoms with van der Waals surface area (Å²) >= 11 is 0. The molecule has 2 heteroatoms. The molecule has 0 aliphatic carbocycles. The minimum atomic E-state index is -0.171. The summed E-state index contributed by atoms with van der Waals surface area (Å²) in [6.07, 6.45) is 2.36. The standard InChI is InChI=1S/C8H19NO/c1-5-6-7(2)8(3,4)10-9/h7H,5-6,9H2,1-4H3. The van der Waals surface area contributed by atoms with Gasteiger partial charge in [-0.3, -0.25) is 4.84 Å². The zero-order valence-corrected chi connectivity index (χ0v) is 7.48. The Morgan fingerprint density at radius 2 is 2.00 bits per heavy atom. The van der Waals surface area contributed by atoms with Crippen molar-refractivity contribution in [3.63, 3.8) is 0 Å². The summed E-state index contributed by atoms with van der Waals surface area (Å²) in [5, 5.41) is 0. The predicted octanol–water partition coefficient (Wildman–Crippen LogP) is 2.09. The zero-order valence-electron chi connectivity index (χ0n) is 7.48. The van der Waals surface area contributed by atoms with Crippen LogP contribution >= 0.6 is 0 Å². The number of hydrogen-bond donors (Lipinski definition) is 1. The summed E-state index contributed by atoms with van der Waals surface area (Å²) in [6.45, 7) is 8.38. The van der Waals surface area contributed by atoms with Gasteiger partial charge in [-0.1, -0.05) is 20.3 Å². The Morgan fingerprint density at radius 1 is 1.50 bits per heavy atom. The van der Waals surface area contributed by atoms with E-state index in [-0.39, 0.29) is 5.60 Å². The van der Waals surface area contributed by atoms with Crippen LogP contribution in [0.15, 0.2) is 0 Å². The van der Waals surface area contributed by atoms with E-state index >= 15 is 0 Å². The topological polar surface area (TPSA) is 35.2 Å². The van der Waals surface area contributed by atoms with Crippen molar-refractivity contribution in [1.82, 2.24) is 0 Å². The third kappa shape index (κ3) is 2.67. The minimum absolute atomic E-state index is 0.171. The van der Waals surface area contributed by atoms with E-state index in [0.29, 0.717) is 5.92 Å². The van der Waals surface area contributed by atoms with Gasteiger partial charge in [0.15, 0.2) is 0 Å². The monoisotopic (exact) mass is 145 g/mol. The lowest BCUT2D eigenvalue weighted by Gasteiger charge is -2.28. The van der Waals surface area contributed by atoms with Crippen molar-refractivity contribution in [2.75, 3.05) is 0 Å². The van der Waals surface area contributed by atoms with Crippen molar-refractivity contribution in [2.24, 2.45) is 11.8 Å². The first kappa shape index (κ1) is 9.92. The van der Waals surface area contributed by atoms with Crippen LogP contribution in [0.1, 0.15) is 40.5 Å². The molecule has 0 fully saturated rings. The average molecular weight is 145 g/mol. The molecule has 0 bridgehead atoms. The first-order valence-corrected chi connectivity index (χ1v) is 3.92. The molecule has 0 aliphatic heterocycles. The second kappa shape index (κ2) is 3.94. The molecule has 0 aromatic carbocycles. The Kier molecular flexibility index (Phi) is 3.91. The van der Waals surface area contributed by atoms with Crippen LogP contribution < -0.4 is 5.90 Å². The van der Waals surface area contributed by atoms with Crippen molar-refractivity contribution in [3.8, 4) is 0 Å². The van der Waals surface area contributed by atoms with Gasteiger partial charge in [0.05, 0.1) is 5.60 Å². The van der Waals surface area contributed by atoms with Gasteiger partial charge in [0.25, 0.3) is 0 Å². The van der Waals surface area contributed by atoms with E-state index < -0.39 is 0 Å². The summed E-state index contributed by atoms with van der Waals surface area (Å²) < 4.78 is 0. The number of nitrogens with two attached hydrogens (primary N) is 1. The highest BCUT2D eigenvalue weighted by molar-refractivity contribution is 4.74. The van der Waals surface area contributed by atoms with Crippen molar-refractivity contribution >= 4 is 0 Å². The van der Waals surface area contributed by atoms with E-state index in [4.69, 9.17) is 10.7 Å². The normalized spacial score (nSPS) is 15.3. The van der Waals surface area contributed by atoms with Gasteiger partial charge in [0.2, 0.25) is 0 Å². The molecule has 2 N–H and O–H groups in total. The lowest BCUT2D eigenvalue weighted by atomic mass is 9.89. The van der Waals surface area contributed by atoms with Crippen molar-refractivity contribution in [1.29, 1.82) is 0 Å². The lowest BCUT2D eigenvalue weighted by molar-refractivity contribution is -0.0598. The predicted molar refractivity (Wildman–Crippen MR) is 43.4 cm³/mol. The Morgan fingerprint density at radius 3 is 2.30 bits per heavy atom. The van der Waals surface area contributed by atoms with E-state index in [2.05, 4.69) is 13.8 Å². The van der Waals surface area contributed by atoms with E-state index in [0.717, 1.165) is 0 Å². The van der Waals surface area contributed by atoms with Gasteiger partial charge in [-0.05, 0) is 26.2 Å².